The molecule has 0 radical (unpaired) electrons. The number of benzene rings is 1. The molecule has 0 unspecified atom stereocenters. The lowest BCUT2D eigenvalue weighted by molar-refractivity contribution is -0.170. The number of carbonyl (C=O) groups is 2. The number of carbonyl (C=O) groups excluding carboxylic acids is 2. The van der Waals surface area contributed by atoms with Gasteiger partial charge in [0.2, 0.25) is 0 Å². The molecule has 0 spiro atoms. The molecule has 2 bridgehead atoms. The highest BCUT2D eigenvalue weighted by atomic mass is 19.1. The van der Waals surface area contributed by atoms with Crippen molar-refractivity contribution in [2.24, 2.45) is 17.8 Å². The minimum Gasteiger partial charge on any atom is -0.459 e. The Balaban J connectivity index is 1.55. The second-order valence-corrected chi connectivity index (χ2v) is 10.0. The Morgan fingerprint density at radius 1 is 1.10 bits per heavy atom. The molecule has 5 rings (SSSR count). The summed E-state index contributed by atoms with van der Waals surface area (Å²) in [6.45, 7) is 5.51. The summed E-state index contributed by atoms with van der Waals surface area (Å²) in [6, 6.07) is 8.15. The van der Waals surface area contributed by atoms with Gasteiger partial charge in [-0.25, -0.2) is 14.0 Å². The number of piperidine rings is 2. The van der Waals surface area contributed by atoms with E-state index in [1.54, 1.807) is 20.8 Å². The number of hydrogen-bond acceptors (Lipinski definition) is 4. The van der Waals surface area contributed by atoms with Crippen LogP contribution in [-0.2, 0) is 20.9 Å². The molecular weight excluding hydrogens is 385 g/mol. The van der Waals surface area contributed by atoms with Crippen LogP contribution in [0.5, 0.6) is 0 Å². The Kier molecular flexibility index (Phi) is 5.78. The molecule has 30 heavy (non-hydrogen) atoms. The van der Waals surface area contributed by atoms with Crippen molar-refractivity contribution >= 4 is 12.1 Å². The molecule has 2 saturated carbocycles. The van der Waals surface area contributed by atoms with Crippen LogP contribution >= 0.6 is 0 Å². The molecule has 5 nitrogen and oxygen atoms in total. The maximum Gasteiger partial charge on any atom is 0.411 e. The molecule has 1 aromatic rings. The fourth-order valence-corrected chi connectivity index (χ4v) is 5.05. The van der Waals surface area contributed by atoms with E-state index in [0.29, 0.717) is 18.8 Å². The Bertz CT molecular complexity index is 773. The summed E-state index contributed by atoms with van der Waals surface area (Å²) in [7, 11) is 0. The summed E-state index contributed by atoms with van der Waals surface area (Å²) in [4.78, 5) is 27.7. The number of amides is 1. The topological polar surface area (TPSA) is 55.8 Å². The lowest BCUT2D eigenvalue weighted by Gasteiger charge is -2.55. The smallest absolute Gasteiger partial charge is 0.411 e. The molecule has 4 aliphatic rings. The van der Waals surface area contributed by atoms with Gasteiger partial charge >= 0.3 is 12.1 Å². The van der Waals surface area contributed by atoms with Crippen LogP contribution in [0.4, 0.5) is 9.18 Å². The highest BCUT2D eigenvalue weighted by Crippen LogP contribution is 2.50. The van der Waals surface area contributed by atoms with Gasteiger partial charge in [0.1, 0.15) is 24.4 Å². The van der Waals surface area contributed by atoms with Crippen molar-refractivity contribution in [3.05, 3.63) is 35.9 Å². The van der Waals surface area contributed by atoms with E-state index in [-0.39, 0.29) is 18.6 Å². The normalized spacial score (nSPS) is 30.8. The summed E-state index contributed by atoms with van der Waals surface area (Å²) in [5, 5.41) is 0. The number of rotatable bonds is 5. The van der Waals surface area contributed by atoms with Gasteiger partial charge in [-0.15, -0.1) is 0 Å². The first-order valence-corrected chi connectivity index (χ1v) is 11.1. The maximum atomic E-state index is 15.5. The van der Waals surface area contributed by atoms with E-state index in [0.717, 1.165) is 24.8 Å². The van der Waals surface area contributed by atoms with E-state index in [4.69, 9.17) is 9.47 Å². The quantitative estimate of drug-likeness (QED) is 0.641. The summed E-state index contributed by atoms with van der Waals surface area (Å²) in [6.07, 6.45) is 2.74. The monoisotopic (exact) mass is 417 g/mol. The first kappa shape index (κ1) is 21.1. The molecule has 2 aliphatic heterocycles. The van der Waals surface area contributed by atoms with Gasteiger partial charge in [-0.3, -0.25) is 4.90 Å². The highest BCUT2D eigenvalue weighted by molar-refractivity contribution is 5.83. The lowest BCUT2D eigenvalue weighted by Crippen LogP contribution is -2.68. The predicted molar refractivity (Wildman–Crippen MR) is 110 cm³/mol. The number of ether oxygens (including phenoxy) is 2. The zero-order valence-corrected chi connectivity index (χ0v) is 18.1. The van der Waals surface area contributed by atoms with Crippen LogP contribution in [0.1, 0.15) is 58.4 Å². The standard InChI is InChI=1S/C24H32FNO4/c1-24(2,3)30-23(28)26-19-12-11-17(20(25)18(19)13-15-9-10-15)21(26)22(27)29-14-16-7-5-4-6-8-16/h4-8,15,17-21H,9-14H2,1-3H3/t17-,18+,19+,20-,21+/m1/s1. The zero-order valence-electron chi connectivity index (χ0n) is 18.1. The SMILES string of the molecule is CC(C)(C)OC(=O)N1[C@H](C(=O)OCc2ccccc2)[C@@H]2CC[C@H]1[C@H](CC1CC1)[C@@H]2F. The highest BCUT2D eigenvalue weighted by Gasteiger charge is 2.59. The van der Waals surface area contributed by atoms with E-state index in [2.05, 4.69) is 0 Å². The van der Waals surface area contributed by atoms with Crippen molar-refractivity contribution < 1.29 is 23.5 Å². The van der Waals surface area contributed by atoms with Crippen LogP contribution in [0.15, 0.2) is 30.3 Å². The predicted octanol–water partition coefficient (Wildman–Crippen LogP) is 4.88. The van der Waals surface area contributed by atoms with Crippen molar-refractivity contribution in [1.82, 2.24) is 4.90 Å². The van der Waals surface area contributed by atoms with Gasteiger partial charge in [0.05, 0.1) is 0 Å². The lowest BCUT2D eigenvalue weighted by atomic mass is 9.66. The molecule has 2 aliphatic carbocycles. The summed E-state index contributed by atoms with van der Waals surface area (Å²) >= 11 is 0. The van der Waals surface area contributed by atoms with E-state index in [9.17, 15) is 9.59 Å². The van der Waals surface area contributed by atoms with Crippen molar-refractivity contribution in [3.63, 3.8) is 0 Å². The summed E-state index contributed by atoms with van der Waals surface area (Å²) in [5.74, 6) is -0.736. The number of fused-ring (bicyclic) bond motifs is 3. The third-order valence-corrected chi connectivity index (χ3v) is 6.54. The van der Waals surface area contributed by atoms with Crippen LogP contribution in [-0.4, -0.2) is 40.8 Å². The van der Waals surface area contributed by atoms with Crippen molar-refractivity contribution in [3.8, 4) is 0 Å². The number of esters is 1. The fourth-order valence-electron chi connectivity index (χ4n) is 5.05. The van der Waals surface area contributed by atoms with Crippen molar-refractivity contribution in [1.29, 1.82) is 0 Å². The minimum absolute atomic E-state index is 0.109. The van der Waals surface area contributed by atoms with Gasteiger partial charge in [-0.1, -0.05) is 43.2 Å². The first-order chi connectivity index (χ1) is 14.2. The molecular formula is C24H32FNO4. The summed E-state index contributed by atoms with van der Waals surface area (Å²) < 4.78 is 26.7. The third kappa shape index (κ3) is 4.47. The third-order valence-electron chi connectivity index (χ3n) is 6.54. The minimum atomic E-state index is -1.09. The average Bonchev–Trinajstić information content (AvgIpc) is 3.51. The molecule has 2 saturated heterocycles. The van der Waals surface area contributed by atoms with E-state index >= 15 is 4.39 Å². The van der Waals surface area contributed by atoms with Crippen LogP contribution in [0.2, 0.25) is 0 Å². The molecule has 4 fully saturated rings. The second kappa shape index (κ2) is 8.20. The van der Waals surface area contributed by atoms with Gasteiger partial charge < -0.3 is 9.47 Å². The summed E-state index contributed by atoms with van der Waals surface area (Å²) in [5.41, 5.74) is 0.173. The Hall–Kier alpha value is -2.11. The van der Waals surface area contributed by atoms with Gasteiger partial charge in [0, 0.05) is 17.9 Å². The second-order valence-electron chi connectivity index (χ2n) is 10.0. The van der Waals surface area contributed by atoms with Crippen molar-refractivity contribution in [2.75, 3.05) is 0 Å². The van der Waals surface area contributed by atoms with Crippen LogP contribution in [0.25, 0.3) is 0 Å². The molecule has 1 aromatic carbocycles. The Morgan fingerprint density at radius 3 is 2.43 bits per heavy atom. The molecule has 5 atom stereocenters. The maximum absolute atomic E-state index is 15.5. The molecule has 0 aromatic heterocycles. The van der Waals surface area contributed by atoms with E-state index < -0.39 is 35.8 Å². The van der Waals surface area contributed by atoms with Gasteiger partial charge in [-0.2, -0.15) is 0 Å². The molecule has 6 heteroatoms. The largest absolute Gasteiger partial charge is 0.459 e. The van der Waals surface area contributed by atoms with E-state index in [1.807, 2.05) is 30.3 Å². The van der Waals surface area contributed by atoms with Gasteiger partial charge in [0.25, 0.3) is 0 Å². The van der Waals surface area contributed by atoms with Crippen LogP contribution in [0, 0.1) is 17.8 Å². The zero-order chi connectivity index (χ0) is 21.5. The molecule has 0 N–H and O–H groups in total. The van der Waals surface area contributed by atoms with Crippen LogP contribution in [0.3, 0.4) is 0 Å². The number of nitrogens with zero attached hydrogens (tertiary/aromatic N) is 1. The number of halogens is 1. The Morgan fingerprint density at radius 2 is 1.80 bits per heavy atom. The number of alkyl halides is 1. The van der Waals surface area contributed by atoms with E-state index in [1.165, 1.54) is 4.90 Å². The average molecular weight is 418 g/mol. The fraction of sp³-hybridized carbons (Fsp3) is 0.667. The molecule has 164 valence electrons. The molecule has 2 heterocycles. The van der Waals surface area contributed by atoms with Crippen LogP contribution < -0.4 is 0 Å². The van der Waals surface area contributed by atoms with Gasteiger partial charge in [-0.05, 0) is 51.5 Å². The van der Waals surface area contributed by atoms with Crippen molar-refractivity contribution in [2.45, 2.75) is 83.3 Å². The Labute approximate surface area is 177 Å². The first-order valence-electron chi connectivity index (χ1n) is 11.1. The number of hydrogen-bond donors (Lipinski definition) is 0. The molecule has 1 amide bonds. The van der Waals surface area contributed by atoms with Gasteiger partial charge in [0.15, 0.2) is 0 Å².